The number of aromatic nitrogens is 4. The SMILES string of the molecule is COC(C)(C)CCn1nc(N)c2cnc(Nc3ccccc3)nc21. The monoisotopic (exact) mass is 326 g/mol. The fourth-order valence-corrected chi connectivity index (χ4v) is 2.33. The molecule has 0 unspecified atom stereocenters. The van der Waals surface area contributed by atoms with E-state index in [0.29, 0.717) is 24.0 Å². The number of hydrogen-bond donors (Lipinski definition) is 2. The zero-order chi connectivity index (χ0) is 17.2. The van der Waals surface area contributed by atoms with Crippen LogP contribution in [0.5, 0.6) is 0 Å². The number of para-hydroxylation sites is 1. The Morgan fingerprint density at radius 3 is 2.71 bits per heavy atom. The molecule has 0 amide bonds. The van der Waals surface area contributed by atoms with Gasteiger partial charge in [0.05, 0.1) is 11.0 Å². The molecule has 0 saturated carbocycles. The van der Waals surface area contributed by atoms with Crippen molar-refractivity contribution in [1.29, 1.82) is 0 Å². The van der Waals surface area contributed by atoms with Crippen LogP contribution in [0.3, 0.4) is 0 Å². The Labute approximate surface area is 140 Å². The van der Waals surface area contributed by atoms with Crippen molar-refractivity contribution in [2.75, 3.05) is 18.2 Å². The Morgan fingerprint density at radius 1 is 1.25 bits per heavy atom. The summed E-state index contributed by atoms with van der Waals surface area (Å²) in [6.45, 7) is 4.75. The van der Waals surface area contributed by atoms with E-state index < -0.39 is 0 Å². The minimum Gasteiger partial charge on any atom is -0.382 e. The third-order valence-corrected chi connectivity index (χ3v) is 4.03. The number of benzene rings is 1. The summed E-state index contributed by atoms with van der Waals surface area (Å²) in [5.41, 5.74) is 7.40. The number of anilines is 3. The van der Waals surface area contributed by atoms with Gasteiger partial charge in [0.25, 0.3) is 0 Å². The lowest BCUT2D eigenvalue weighted by Gasteiger charge is -2.22. The van der Waals surface area contributed by atoms with Crippen LogP contribution in [0.25, 0.3) is 11.0 Å². The molecule has 2 aromatic heterocycles. The molecule has 2 heterocycles. The molecule has 126 valence electrons. The van der Waals surface area contributed by atoms with Gasteiger partial charge in [-0.3, -0.25) is 0 Å². The van der Waals surface area contributed by atoms with E-state index in [1.54, 1.807) is 13.3 Å². The summed E-state index contributed by atoms with van der Waals surface area (Å²) in [5, 5.41) is 8.32. The number of nitrogens with two attached hydrogens (primary N) is 1. The molecule has 3 N–H and O–H groups in total. The molecule has 3 rings (SSSR count). The first kappa shape index (κ1) is 16.2. The van der Waals surface area contributed by atoms with Gasteiger partial charge in [0, 0.05) is 25.5 Å². The Balaban J connectivity index is 1.88. The predicted molar refractivity (Wildman–Crippen MR) is 95.2 cm³/mol. The molecule has 0 saturated heterocycles. The minimum absolute atomic E-state index is 0.231. The highest BCUT2D eigenvalue weighted by atomic mass is 16.5. The molecule has 0 spiro atoms. The highest BCUT2D eigenvalue weighted by molar-refractivity contribution is 5.86. The molecule has 1 aromatic carbocycles. The number of rotatable bonds is 6. The standard InChI is InChI=1S/C17H22N6O/c1-17(2,24-3)9-10-23-15-13(14(18)22-23)11-19-16(21-15)20-12-7-5-4-6-8-12/h4-8,11H,9-10H2,1-3H3,(H2,18,22)(H,19,20,21). The van der Waals surface area contributed by atoms with Crippen molar-refractivity contribution in [2.45, 2.75) is 32.4 Å². The molecule has 0 bridgehead atoms. The van der Waals surface area contributed by atoms with Crippen LogP contribution in [0.15, 0.2) is 36.5 Å². The van der Waals surface area contributed by atoms with Crippen LogP contribution < -0.4 is 11.1 Å². The average Bonchev–Trinajstić information content (AvgIpc) is 2.90. The lowest BCUT2D eigenvalue weighted by molar-refractivity contribution is 0.0116. The lowest BCUT2D eigenvalue weighted by Crippen LogP contribution is -2.24. The van der Waals surface area contributed by atoms with Crippen LogP contribution >= 0.6 is 0 Å². The van der Waals surface area contributed by atoms with Gasteiger partial charge in [-0.25, -0.2) is 9.67 Å². The van der Waals surface area contributed by atoms with E-state index in [4.69, 9.17) is 10.5 Å². The van der Waals surface area contributed by atoms with Gasteiger partial charge in [0.2, 0.25) is 5.95 Å². The molecule has 0 aliphatic carbocycles. The highest BCUT2D eigenvalue weighted by Gasteiger charge is 2.18. The van der Waals surface area contributed by atoms with Crippen molar-refractivity contribution < 1.29 is 4.74 Å². The van der Waals surface area contributed by atoms with Gasteiger partial charge in [-0.05, 0) is 32.4 Å². The lowest BCUT2D eigenvalue weighted by atomic mass is 10.1. The molecule has 0 aliphatic rings. The van der Waals surface area contributed by atoms with Gasteiger partial charge < -0.3 is 15.8 Å². The highest BCUT2D eigenvalue weighted by Crippen LogP contribution is 2.22. The van der Waals surface area contributed by atoms with Crippen LogP contribution in [0, 0.1) is 0 Å². The second kappa shape index (κ2) is 6.45. The summed E-state index contributed by atoms with van der Waals surface area (Å²) in [6.07, 6.45) is 2.50. The Hall–Kier alpha value is -2.67. The van der Waals surface area contributed by atoms with Crippen LogP contribution in [0.4, 0.5) is 17.5 Å². The van der Waals surface area contributed by atoms with Crippen molar-refractivity contribution in [1.82, 2.24) is 19.7 Å². The molecule has 3 aromatic rings. The first-order valence-electron chi connectivity index (χ1n) is 7.85. The summed E-state index contributed by atoms with van der Waals surface area (Å²) in [7, 11) is 1.71. The smallest absolute Gasteiger partial charge is 0.229 e. The third kappa shape index (κ3) is 3.46. The van der Waals surface area contributed by atoms with Crippen LogP contribution in [0.1, 0.15) is 20.3 Å². The largest absolute Gasteiger partial charge is 0.382 e. The van der Waals surface area contributed by atoms with Crippen molar-refractivity contribution in [3.05, 3.63) is 36.5 Å². The van der Waals surface area contributed by atoms with Gasteiger partial charge >= 0.3 is 0 Å². The fraction of sp³-hybridized carbons (Fsp3) is 0.353. The van der Waals surface area contributed by atoms with Gasteiger partial charge in [-0.2, -0.15) is 10.1 Å². The second-order valence-corrected chi connectivity index (χ2v) is 6.24. The topological polar surface area (TPSA) is 90.9 Å². The molecule has 24 heavy (non-hydrogen) atoms. The minimum atomic E-state index is -0.231. The van der Waals surface area contributed by atoms with Crippen molar-refractivity contribution in [3.63, 3.8) is 0 Å². The average molecular weight is 326 g/mol. The number of fused-ring (bicyclic) bond motifs is 1. The maximum Gasteiger partial charge on any atom is 0.229 e. The van der Waals surface area contributed by atoms with Crippen LogP contribution in [-0.2, 0) is 11.3 Å². The van der Waals surface area contributed by atoms with Crippen molar-refractivity contribution in [3.8, 4) is 0 Å². The van der Waals surface area contributed by atoms with Gasteiger partial charge in [0.15, 0.2) is 11.5 Å². The first-order chi connectivity index (χ1) is 11.5. The predicted octanol–water partition coefficient (Wildman–Crippen LogP) is 2.97. The summed E-state index contributed by atoms with van der Waals surface area (Å²) >= 11 is 0. The summed E-state index contributed by atoms with van der Waals surface area (Å²) in [6, 6.07) is 9.79. The zero-order valence-corrected chi connectivity index (χ0v) is 14.2. The number of nitrogens with one attached hydrogen (secondary N) is 1. The maximum absolute atomic E-state index is 5.99. The molecule has 7 heteroatoms. The van der Waals surface area contributed by atoms with Crippen LogP contribution in [-0.4, -0.2) is 32.5 Å². The molecular formula is C17H22N6O. The fourth-order valence-electron chi connectivity index (χ4n) is 2.33. The third-order valence-electron chi connectivity index (χ3n) is 4.03. The van der Waals surface area contributed by atoms with Gasteiger partial charge in [-0.15, -0.1) is 0 Å². The molecular weight excluding hydrogens is 304 g/mol. The maximum atomic E-state index is 5.99. The Bertz CT molecular complexity index is 828. The first-order valence-corrected chi connectivity index (χ1v) is 7.85. The van der Waals surface area contributed by atoms with E-state index >= 15 is 0 Å². The molecule has 0 aliphatic heterocycles. The van der Waals surface area contributed by atoms with E-state index in [1.165, 1.54) is 0 Å². The number of methoxy groups -OCH3 is 1. The quantitative estimate of drug-likeness (QED) is 0.723. The van der Waals surface area contributed by atoms with Crippen molar-refractivity contribution >= 4 is 28.5 Å². The van der Waals surface area contributed by atoms with E-state index in [9.17, 15) is 0 Å². The number of aryl methyl sites for hydroxylation is 1. The number of ether oxygens (including phenoxy) is 1. The molecule has 7 nitrogen and oxygen atoms in total. The summed E-state index contributed by atoms with van der Waals surface area (Å²) in [4.78, 5) is 8.90. The van der Waals surface area contributed by atoms with Gasteiger partial charge in [-0.1, -0.05) is 18.2 Å². The molecule has 0 radical (unpaired) electrons. The molecule has 0 fully saturated rings. The normalized spacial score (nSPS) is 11.8. The van der Waals surface area contributed by atoms with E-state index in [2.05, 4.69) is 20.4 Å². The molecule has 0 atom stereocenters. The van der Waals surface area contributed by atoms with Gasteiger partial charge in [0.1, 0.15) is 0 Å². The van der Waals surface area contributed by atoms with E-state index in [-0.39, 0.29) is 5.60 Å². The zero-order valence-electron chi connectivity index (χ0n) is 14.2. The number of nitrogens with zero attached hydrogens (tertiary/aromatic N) is 4. The van der Waals surface area contributed by atoms with Crippen molar-refractivity contribution in [2.24, 2.45) is 0 Å². The Morgan fingerprint density at radius 2 is 2.00 bits per heavy atom. The number of hydrogen-bond acceptors (Lipinski definition) is 6. The summed E-state index contributed by atoms with van der Waals surface area (Å²) < 4.78 is 7.27. The number of nitrogen functional groups attached to an aromatic ring is 1. The summed E-state index contributed by atoms with van der Waals surface area (Å²) in [5.74, 6) is 0.951. The van der Waals surface area contributed by atoms with Crippen LogP contribution in [0.2, 0.25) is 0 Å². The Kier molecular flexibility index (Phi) is 4.35. The second-order valence-electron chi connectivity index (χ2n) is 6.24. The van der Waals surface area contributed by atoms with E-state index in [0.717, 1.165) is 17.5 Å². The van der Waals surface area contributed by atoms with E-state index in [1.807, 2.05) is 48.9 Å².